The van der Waals surface area contributed by atoms with Gasteiger partial charge in [0.2, 0.25) is 15.9 Å². The lowest BCUT2D eigenvalue weighted by Gasteiger charge is -2.26. The van der Waals surface area contributed by atoms with Crippen LogP contribution in [0.4, 0.5) is 0 Å². The molecule has 1 atom stereocenters. The number of nitrogens with zero attached hydrogens (tertiary/aromatic N) is 1. The van der Waals surface area contributed by atoms with E-state index in [-0.39, 0.29) is 18.3 Å². The second kappa shape index (κ2) is 10.4. The molecule has 0 saturated heterocycles. The monoisotopic (exact) mass is 326 g/mol. The lowest BCUT2D eigenvalue weighted by atomic mass is 10.2. The molecule has 0 bridgehead atoms. The fraction of sp³-hybridized carbons (Fsp3) is 0.917. The van der Waals surface area contributed by atoms with Crippen LogP contribution in [0.25, 0.3) is 0 Å². The fourth-order valence-corrected chi connectivity index (χ4v) is 2.96. The van der Waals surface area contributed by atoms with Gasteiger partial charge in [-0.15, -0.1) is 0 Å². The Morgan fingerprint density at radius 2 is 2.05 bits per heavy atom. The molecule has 0 spiro atoms. The van der Waals surface area contributed by atoms with Gasteiger partial charge in [0.25, 0.3) is 0 Å². The van der Waals surface area contributed by atoms with Crippen LogP contribution in [0, 0.1) is 0 Å². The topological polar surface area (TPSA) is 86.7 Å². The summed E-state index contributed by atoms with van der Waals surface area (Å²) < 4.78 is 25.8. The van der Waals surface area contributed by atoms with E-state index in [9.17, 15) is 13.2 Å². The zero-order valence-corrected chi connectivity index (χ0v) is 14.1. The van der Waals surface area contributed by atoms with Crippen molar-refractivity contribution in [3.63, 3.8) is 0 Å². The quantitative estimate of drug-likeness (QED) is 0.569. The number of likely N-dealkylation sites (N-methyl/N-ethyl adjacent to an activating group) is 1. The van der Waals surface area contributed by atoms with Gasteiger partial charge in [-0.3, -0.25) is 4.79 Å². The molecule has 1 amide bonds. The van der Waals surface area contributed by atoms with E-state index in [1.54, 1.807) is 23.6 Å². The first-order valence-electron chi connectivity index (χ1n) is 6.80. The molecule has 0 aliphatic heterocycles. The molecule has 0 aliphatic rings. The normalized spacial score (nSPS) is 13.2. The number of carbonyl (C=O) groups is 1. The number of hydrogen-bond donors (Lipinski definition) is 2. The third-order valence-corrected chi connectivity index (χ3v) is 4.94. The molecule has 2 N–H and O–H groups in total. The highest BCUT2D eigenvalue weighted by molar-refractivity contribution is 7.98. The molecule has 120 valence electrons. The molecule has 0 aromatic carbocycles. The number of thioether (sulfide) groups is 1. The Labute approximate surface area is 126 Å². The highest BCUT2D eigenvalue weighted by Crippen LogP contribution is 2.07. The third-order valence-electron chi connectivity index (χ3n) is 2.89. The van der Waals surface area contributed by atoms with Crippen LogP contribution in [0.5, 0.6) is 0 Å². The summed E-state index contributed by atoms with van der Waals surface area (Å²) in [5.74, 6) is 0.450. The lowest BCUT2D eigenvalue weighted by Crippen LogP contribution is -2.49. The molecule has 6 nitrogen and oxygen atoms in total. The molecular weight excluding hydrogens is 300 g/mol. The van der Waals surface area contributed by atoms with Gasteiger partial charge in [0.1, 0.15) is 6.04 Å². The smallest absolute Gasteiger partial charge is 0.240 e. The van der Waals surface area contributed by atoms with Crippen molar-refractivity contribution < 1.29 is 18.3 Å². The van der Waals surface area contributed by atoms with Crippen LogP contribution in [-0.4, -0.2) is 67.8 Å². The Bertz CT molecular complexity index is 374. The van der Waals surface area contributed by atoms with Crippen molar-refractivity contribution in [3.8, 4) is 0 Å². The Morgan fingerprint density at radius 1 is 1.40 bits per heavy atom. The molecule has 1 unspecified atom stereocenters. The summed E-state index contributed by atoms with van der Waals surface area (Å²) in [6, 6.07) is -0.717. The van der Waals surface area contributed by atoms with Gasteiger partial charge in [-0.25, -0.2) is 13.1 Å². The van der Waals surface area contributed by atoms with Gasteiger partial charge < -0.3 is 10.0 Å². The molecule has 0 saturated carbocycles. The van der Waals surface area contributed by atoms with Crippen molar-refractivity contribution in [2.45, 2.75) is 32.7 Å². The Hall–Kier alpha value is -0.310. The van der Waals surface area contributed by atoms with E-state index in [1.807, 2.05) is 13.2 Å². The van der Waals surface area contributed by atoms with Crippen molar-refractivity contribution in [1.29, 1.82) is 0 Å². The predicted octanol–water partition coefficient (Wildman–Crippen LogP) is 0.278. The van der Waals surface area contributed by atoms with Crippen LogP contribution in [-0.2, 0) is 14.8 Å². The van der Waals surface area contributed by atoms with E-state index < -0.39 is 16.1 Å². The van der Waals surface area contributed by atoms with E-state index in [4.69, 9.17) is 5.11 Å². The van der Waals surface area contributed by atoms with E-state index in [0.29, 0.717) is 31.7 Å². The van der Waals surface area contributed by atoms with Crippen LogP contribution >= 0.6 is 11.8 Å². The summed E-state index contributed by atoms with van der Waals surface area (Å²) in [4.78, 5) is 14.0. The molecular formula is C12H26N2O4S2. The lowest BCUT2D eigenvalue weighted by molar-refractivity contribution is -0.133. The number of nitrogens with one attached hydrogen (secondary N) is 1. The number of aliphatic hydroxyl groups excluding tert-OH is 1. The summed E-state index contributed by atoms with van der Waals surface area (Å²) in [6.45, 7) is 4.34. The van der Waals surface area contributed by atoms with Gasteiger partial charge >= 0.3 is 0 Å². The maximum absolute atomic E-state index is 12.4. The van der Waals surface area contributed by atoms with E-state index >= 15 is 0 Å². The number of hydrogen-bond acceptors (Lipinski definition) is 5. The first kappa shape index (κ1) is 19.7. The van der Waals surface area contributed by atoms with Gasteiger partial charge in [-0.05, 0) is 38.7 Å². The minimum atomic E-state index is -3.41. The van der Waals surface area contributed by atoms with Crippen molar-refractivity contribution in [2.75, 3.05) is 37.5 Å². The summed E-state index contributed by atoms with van der Waals surface area (Å²) in [5.41, 5.74) is 0. The zero-order chi connectivity index (χ0) is 15.6. The van der Waals surface area contributed by atoms with Gasteiger partial charge in [0, 0.05) is 19.7 Å². The molecule has 0 fully saturated rings. The molecule has 0 radical (unpaired) electrons. The second-order valence-electron chi connectivity index (χ2n) is 4.35. The summed E-state index contributed by atoms with van der Waals surface area (Å²) >= 11 is 1.57. The molecule has 8 heteroatoms. The highest BCUT2D eigenvalue weighted by atomic mass is 32.2. The van der Waals surface area contributed by atoms with Crippen LogP contribution in [0.3, 0.4) is 0 Å². The first-order chi connectivity index (χ1) is 9.41. The van der Waals surface area contributed by atoms with Crippen molar-refractivity contribution in [3.05, 3.63) is 0 Å². The Kier molecular flexibility index (Phi) is 10.3. The summed E-state index contributed by atoms with van der Waals surface area (Å²) in [5, 5.41) is 8.84. The Balaban J connectivity index is 4.85. The van der Waals surface area contributed by atoms with Crippen LogP contribution in [0.15, 0.2) is 0 Å². The predicted molar refractivity (Wildman–Crippen MR) is 83.3 cm³/mol. The van der Waals surface area contributed by atoms with Crippen LogP contribution in [0.2, 0.25) is 0 Å². The minimum absolute atomic E-state index is 0.0138. The van der Waals surface area contributed by atoms with Gasteiger partial charge in [0.05, 0.1) is 5.75 Å². The minimum Gasteiger partial charge on any atom is -0.396 e. The van der Waals surface area contributed by atoms with Crippen LogP contribution < -0.4 is 4.72 Å². The highest BCUT2D eigenvalue weighted by Gasteiger charge is 2.26. The maximum atomic E-state index is 12.4. The van der Waals surface area contributed by atoms with Crippen molar-refractivity contribution >= 4 is 27.7 Å². The SMILES string of the molecule is CCN(CCCO)C(=O)C(CCSC)NS(=O)(=O)CC. The van der Waals surface area contributed by atoms with Gasteiger partial charge in [-0.1, -0.05) is 0 Å². The van der Waals surface area contributed by atoms with E-state index in [1.165, 1.54) is 0 Å². The number of sulfonamides is 1. The second-order valence-corrected chi connectivity index (χ2v) is 7.38. The van der Waals surface area contributed by atoms with E-state index in [2.05, 4.69) is 4.72 Å². The van der Waals surface area contributed by atoms with Crippen molar-refractivity contribution in [1.82, 2.24) is 9.62 Å². The maximum Gasteiger partial charge on any atom is 0.240 e. The number of amides is 1. The molecule has 0 aromatic heterocycles. The van der Waals surface area contributed by atoms with Crippen molar-refractivity contribution in [2.24, 2.45) is 0 Å². The average Bonchev–Trinajstić information content (AvgIpc) is 2.43. The van der Waals surface area contributed by atoms with Crippen LogP contribution in [0.1, 0.15) is 26.7 Å². The zero-order valence-electron chi connectivity index (χ0n) is 12.5. The molecule has 0 rings (SSSR count). The number of carbonyl (C=O) groups excluding carboxylic acids is 1. The Morgan fingerprint density at radius 3 is 2.50 bits per heavy atom. The number of aliphatic hydroxyl groups is 1. The molecule has 0 aromatic rings. The van der Waals surface area contributed by atoms with E-state index in [0.717, 1.165) is 0 Å². The standard InChI is InChI=1S/C12H26N2O4S2/c1-4-14(8-6-9-15)12(16)11(7-10-19-3)13-20(17,18)5-2/h11,13,15H,4-10H2,1-3H3. The molecule has 0 heterocycles. The fourth-order valence-electron chi connectivity index (χ4n) is 1.67. The molecule has 20 heavy (non-hydrogen) atoms. The largest absolute Gasteiger partial charge is 0.396 e. The summed E-state index contributed by atoms with van der Waals surface area (Å²) in [7, 11) is -3.41. The number of rotatable bonds is 11. The summed E-state index contributed by atoms with van der Waals surface area (Å²) in [6.07, 6.45) is 2.88. The van der Waals surface area contributed by atoms with Gasteiger partial charge in [0.15, 0.2) is 0 Å². The first-order valence-corrected chi connectivity index (χ1v) is 9.85. The van der Waals surface area contributed by atoms with Gasteiger partial charge in [-0.2, -0.15) is 11.8 Å². The third kappa shape index (κ3) is 7.47. The average molecular weight is 326 g/mol. The molecule has 0 aliphatic carbocycles.